The van der Waals surface area contributed by atoms with Crippen molar-refractivity contribution in [1.29, 1.82) is 0 Å². The Kier molecular flexibility index (Phi) is 5.53. The van der Waals surface area contributed by atoms with E-state index >= 15 is 0 Å². The predicted octanol–water partition coefficient (Wildman–Crippen LogP) is 3.01. The van der Waals surface area contributed by atoms with E-state index in [-0.39, 0.29) is 11.7 Å². The molecule has 0 spiro atoms. The summed E-state index contributed by atoms with van der Waals surface area (Å²) >= 11 is 1.64. The normalized spacial score (nSPS) is 22.3. The van der Waals surface area contributed by atoms with Crippen LogP contribution in [0.4, 0.5) is 0 Å². The van der Waals surface area contributed by atoms with Gasteiger partial charge >= 0.3 is 0 Å². The molecule has 2 aliphatic rings. The Bertz CT molecular complexity index is 769. The maximum atomic E-state index is 12.9. The third kappa shape index (κ3) is 3.99. The molecule has 7 heteroatoms. The molecular weight excluding hydrogens is 368 g/mol. The lowest BCUT2D eigenvalue weighted by Crippen LogP contribution is -2.50. The molecule has 0 radical (unpaired) electrons. The largest absolute Gasteiger partial charge is 0.335 e. The topological polar surface area (TPSA) is 57.7 Å². The Morgan fingerprint density at radius 2 is 1.88 bits per heavy atom. The summed E-state index contributed by atoms with van der Waals surface area (Å²) in [5.74, 6) is 0.841. The molecule has 1 aromatic heterocycles. The van der Waals surface area contributed by atoms with E-state index in [9.17, 15) is 13.2 Å². The van der Waals surface area contributed by atoms with Gasteiger partial charge in [0.25, 0.3) is 5.91 Å². The van der Waals surface area contributed by atoms with Gasteiger partial charge in [-0.3, -0.25) is 4.79 Å². The Labute approximate surface area is 161 Å². The quantitative estimate of drug-likeness (QED) is 0.786. The van der Waals surface area contributed by atoms with Gasteiger partial charge in [-0.25, -0.2) is 8.42 Å². The molecule has 1 aliphatic heterocycles. The van der Waals surface area contributed by atoms with E-state index in [1.54, 1.807) is 23.2 Å². The van der Waals surface area contributed by atoms with Crippen LogP contribution in [0.15, 0.2) is 6.07 Å². The zero-order chi connectivity index (χ0) is 19.1. The Hall–Kier alpha value is -0.920. The van der Waals surface area contributed by atoms with E-state index in [0.29, 0.717) is 37.5 Å². The lowest BCUT2D eigenvalue weighted by atomic mass is 9.72. The molecule has 5 nitrogen and oxygen atoms in total. The zero-order valence-electron chi connectivity index (χ0n) is 16.2. The van der Waals surface area contributed by atoms with Gasteiger partial charge in [-0.15, -0.1) is 11.3 Å². The average Bonchev–Trinajstić information content (AvgIpc) is 3.03. The Morgan fingerprint density at radius 1 is 1.23 bits per heavy atom. The van der Waals surface area contributed by atoms with Crippen molar-refractivity contribution in [1.82, 2.24) is 9.21 Å². The summed E-state index contributed by atoms with van der Waals surface area (Å²) in [7, 11) is -3.16. The van der Waals surface area contributed by atoms with Gasteiger partial charge in [0.05, 0.1) is 10.6 Å². The van der Waals surface area contributed by atoms with Crippen molar-refractivity contribution in [2.45, 2.75) is 47.0 Å². The van der Waals surface area contributed by atoms with E-state index in [0.717, 1.165) is 17.7 Å². The van der Waals surface area contributed by atoms with E-state index in [1.807, 2.05) is 0 Å². The number of thiophene rings is 1. The number of carbonyl (C=O) groups is 1. The van der Waals surface area contributed by atoms with Gasteiger partial charge in [0, 0.05) is 31.1 Å². The van der Waals surface area contributed by atoms with Gasteiger partial charge in [0.1, 0.15) is 0 Å². The number of piperazine rings is 1. The second-order valence-corrected chi connectivity index (χ2v) is 11.9. The van der Waals surface area contributed by atoms with Crippen LogP contribution in [0, 0.1) is 11.3 Å². The first-order valence-corrected chi connectivity index (χ1v) is 11.9. The maximum Gasteiger partial charge on any atom is 0.264 e. The molecule has 0 bridgehead atoms. The molecule has 3 rings (SSSR count). The molecule has 0 aromatic carbocycles. The van der Waals surface area contributed by atoms with Crippen molar-refractivity contribution in [3.05, 3.63) is 21.4 Å². The standard InChI is InChI=1S/C19H30N2O3S2/c1-5-26(23,24)21-10-8-20(9-11-21)18(22)17-13-14-12-15(19(2,3)4)6-7-16(14)25-17/h13,15H,5-12H2,1-4H3. The van der Waals surface area contributed by atoms with Crippen molar-refractivity contribution in [3.63, 3.8) is 0 Å². The molecular formula is C19H30N2O3S2. The minimum absolute atomic E-state index is 0.0604. The molecule has 26 heavy (non-hydrogen) atoms. The predicted molar refractivity (Wildman–Crippen MR) is 106 cm³/mol. The molecule has 1 aliphatic carbocycles. The van der Waals surface area contributed by atoms with Crippen molar-refractivity contribution in [2.75, 3.05) is 31.9 Å². The van der Waals surface area contributed by atoms with Crippen LogP contribution in [-0.4, -0.2) is 55.5 Å². The van der Waals surface area contributed by atoms with Crippen LogP contribution in [0.5, 0.6) is 0 Å². The van der Waals surface area contributed by atoms with E-state index in [4.69, 9.17) is 0 Å². The highest BCUT2D eigenvalue weighted by Crippen LogP contribution is 2.40. The SMILES string of the molecule is CCS(=O)(=O)N1CCN(C(=O)c2cc3c(s2)CCC(C(C)(C)C)C3)CC1. The van der Waals surface area contributed by atoms with Crippen LogP contribution in [-0.2, 0) is 22.9 Å². The highest BCUT2D eigenvalue weighted by atomic mass is 32.2. The first kappa shape index (κ1) is 19.8. The summed E-state index contributed by atoms with van der Waals surface area (Å²) in [4.78, 5) is 16.9. The molecule has 1 aromatic rings. The Balaban J connectivity index is 1.67. The average molecular weight is 399 g/mol. The van der Waals surface area contributed by atoms with Crippen LogP contribution in [0.1, 0.15) is 54.2 Å². The number of hydrogen-bond acceptors (Lipinski definition) is 4. The summed E-state index contributed by atoms with van der Waals surface area (Å²) in [6.07, 6.45) is 3.32. The summed E-state index contributed by atoms with van der Waals surface area (Å²) < 4.78 is 25.4. The second kappa shape index (κ2) is 7.24. The van der Waals surface area contributed by atoms with Crippen LogP contribution in [0.2, 0.25) is 0 Å². The number of hydrogen-bond donors (Lipinski definition) is 0. The van der Waals surface area contributed by atoms with Crippen molar-refractivity contribution in [3.8, 4) is 0 Å². The molecule has 1 atom stereocenters. The highest BCUT2D eigenvalue weighted by Gasteiger charge is 2.32. The third-order valence-electron chi connectivity index (χ3n) is 5.80. The second-order valence-electron chi connectivity index (χ2n) is 8.46. The van der Waals surface area contributed by atoms with Crippen LogP contribution in [0.3, 0.4) is 0 Å². The summed E-state index contributed by atoms with van der Waals surface area (Å²) in [5.41, 5.74) is 1.64. The van der Waals surface area contributed by atoms with Gasteiger partial charge in [0.2, 0.25) is 10.0 Å². The fourth-order valence-electron chi connectivity index (χ4n) is 3.88. The number of carbonyl (C=O) groups excluding carboxylic acids is 1. The molecule has 146 valence electrons. The zero-order valence-corrected chi connectivity index (χ0v) is 17.9. The van der Waals surface area contributed by atoms with E-state index < -0.39 is 10.0 Å². The number of fused-ring (bicyclic) bond motifs is 1. The smallest absolute Gasteiger partial charge is 0.264 e. The van der Waals surface area contributed by atoms with Gasteiger partial charge in [-0.05, 0) is 49.1 Å². The number of nitrogens with zero attached hydrogens (tertiary/aromatic N) is 2. The Morgan fingerprint density at radius 3 is 2.46 bits per heavy atom. The van der Waals surface area contributed by atoms with Gasteiger partial charge in [-0.1, -0.05) is 20.8 Å². The van der Waals surface area contributed by atoms with Crippen LogP contribution >= 0.6 is 11.3 Å². The molecule has 0 N–H and O–H groups in total. The first-order valence-electron chi connectivity index (χ1n) is 9.50. The monoisotopic (exact) mass is 398 g/mol. The molecule has 1 amide bonds. The molecule has 2 heterocycles. The van der Waals surface area contributed by atoms with E-state index in [1.165, 1.54) is 21.2 Å². The third-order valence-corrected chi connectivity index (χ3v) is 8.91. The molecule has 1 unspecified atom stereocenters. The lowest BCUT2D eigenvalue weighted by Gasteiger charge is -2.33. The van der Waals surface area contributed by atoms with Crippen molar-refractivity contribution < 1.29 is 13.2 Å². The van der Waals surface area contributed by atoms with Crippen molar-refractivity contribution in [2.24, 2.45) is 11.3 Å². The number of amides is 1. The number of rotatable bonds is 3. The summed E-state index contributed by atoms with van der Waals surface area (Å²) in [5, 5.41) is 0. The fourth-order valence-corrected chi connectivity index (χ4v) is 6.14. The van der Waals surface area contributed by atoms with Crippen molar-refractivity contribution >= 4 is 27.3 Å². The first-order chi connectivity index (χ1) is 12.1. The minimum atomic E-state index is -3.16. The maximum absolute atomic E-state index is 12.9. The molecule has 1 fully saturated rings. The lowest BCUT2D eigenvalue weighted by molar-refractivity contribution is 0.0703. The fraction of sp³-hybridized carbons (Fsp3) is 0.737. The van der Waals surface area contributed by atoms with Crippen LogP contribution in [0.25, 0.3) is 0 Å². The number of sulfonamides is 1. The van der Waals surface area contributed by atoms with Crippen LogP contribution < -0.4 is 0 Å². The summed E-state index contributed by atoms with van der Waals surface area (Å²) in [6, 6.07) is 2.09. The van der Waals surface area contributed by atoms with Gasteiger partial charge in [0.15, 0.2) is 0 Å². The number of aryl methyl sites for hydroxylation is 1. The molecule has 0 saturated carbocycles. The van der Waals surface area contributed by atoms with Gasteiger partial charge < -0.3 is 4.90 Å². The minimum Gasteiger partial charge on any atom is -0.335 e. The highest BCUT2D eigenvalue weighted by molar-refractivity contribution is 7.89. The summed E-state index contributed by atoms with van der Waals surface area (Å²) in [6.45, 7) is 10.3. The van der Waals surface area contributed by atoms with E-state index in [2.05, 4.69) is 26.8 Å². The molecule has 1 saturated heterocycles. The van der Waals surface area contributed by atoms with Gasteiger partial charge in [-0.2, -0.15) is 4.31 Å².